The third-order valence-corrected chi connectivity index (χ3v) is 7.42. The lowest BCUT2D eigenvalue weighted by Crippen LogP contribution is -2.42. The molecule has 1 N–H and O–H groups in total. The van der Waals surface area contributed by atoms with Crippen molar-refractivity contribution in [1.82, 2.24) is 9.97 Å². The van der Waals surface area contributed by atoms with Gasteiger partial charge in [-0.3, -0.25) is 0 Å². The van der Waals surface area contributed by atoms with Crippen LogP contribution in [0.25, 0.3) is 21.8 Å². The number of hydrogen-bond donors (Lipinski definition) is 1. The van der Waals surface area contributed by atoms with E-state index in [-0.39, 0.29) is 0 Å². The maximum atomic E-state index is 5.07. The maximum Gasteiger partial charge on any atom is 0.144 e. The number of fused-ring (bicyclic) bond motifs is 1. The van der Waals surface area contributed by atoms with Gasteiger partial charge in [-0.25, -0.2) is 4.98 Å². The van der Waals surface area contributed by atoms with Gasteiger partial charge in [-0.2, -0.15) is 0 Å². The molecule has 0 aliphatic rings. The summed E-state index contributed by atoms with van der Waals surface area (Å²) < 4.78 is 0. The maximum absolute atomic E-state index is 5.07. The topological polar surface area (TPSA) is 24.9 Å². The van der Waals surface area contributed by atoms with Crippen molar-refractivity contribution in [2.24, 2.45) is 0 Å². The average molecular weight is 391 g/mol. The van der Waals surface area contributed by atoms with Crippen LogP contribution in [0.3, 0.4) is 0 Å². The molecule has 4 heteroatoms. The zero-order chi connectivity index (χ0) is 19.7. The molecule has 1 aromatic heterocycles. The van der Waals surface area contributed by atoms with Gasteiger partial charge in [0.15, 0.2) is 0 Å². The minimum Gasteiger partial charge on any atom is -0.410 e. The van der Waals surface area contributed by atoms with Crippen LogP contribution in [0.2, 0.25) is 39.3 Å². The van der Waals surface area contributed by atoms with Gasteiger partial charge < -0.3 is 4.98 Å². The molecule has 2 nitrogen and oxygen atoms in total. The summed E-state index contributed by atoms with van der Waals surface area (Å²) in [6.45, 7) is 14.3. The molecular weight excluding hydrogens is 360 g/mol. The highest BCUT2D eigenvalue weighted by Crippen LogP contribution is 2.33. The standard InChI is InChI=1S/C23H30N2Si2/c1-26(2,3)23(21-17-16-18-12-10-11-15-20(18)24-21)22(25-27(4,5)6)19-13-8-7-9-14-19/h7-17,25H,1-6H3/b23-22-. The molecule has 0 unspecified atom stereocenters. The number of para-hydroxylation sites is 1. The van der Waals surface area contributed by atoms with Crippen LogP contribution >= 0.6 is 0 Å². The fraction of sp³-hybridized carbons (Fsp3) is 0.261. The summed E-state index contributed by atoms with van der Waals surface area (Å²) in [5.41, 5.74) is 4.70. The van der Waals surface area contributed by atoms with Crippen LogP contribution in [0, 0.1) is 0 Å². The first-order valence-corrected chi connectivity index (χ1v) is 16.6. The Morgan fingerprint density at radius 2 is 1.37 bits per heavy atom. The normalized spacial score (nSPS) is 13.4. The molecule has 0 aliphatic carbocycles. The average Bonchev–Trinajstić information content (AvgIpc) is 2.59. The third-order valence-electron chi connectivity index (χ3n) is 4.42. The molecule has 0 aliphatic heterocycles. The van der Waals surface area contributed by atoms with Gasteiger partial charge in [-0.05, 0) is 22.9 Å². The predicted octanol–water partition coefficient (Wildman–Crippen LogP) is 6.41. The van der Waals surface area contributed by atoms with Crippen LogP contribution in [0.5, 0.6) is 0 Å². The molecular formula is C23H30N2Si2. The number of hydrogen-bond acceptors (Lipinski definition) is 2. The molecule has 1 heterocycles. The van der Waals surface area contributed by atoms with Gasteiger partial charge in [0, 0.05) is 11.1 Å². The molecule has 0 amide bonds. The molecule has 27 heavy (non-hydrogen) atoms. The number of benzene rings is 2. The van der Waals surface area contributed by atoms with E-state index in [1.807, 2.05) is 0 Å². The van der Waals surface area contributed by atoms with E-state index in [9.17, 15) is 0 Å². The van der Waals surface area contributed by atoms with E-state index >= 15 is 0 Å². The fourth-order valence-electron chi connectivity index (χ4n) is 3.35. The lowest BCUT2D eigenvalue weighted by Gasteiger charge is -2.30. The van der Waals surface area contributed by atoms with Crippen LogP contribution in [-0.4, -0.2) is 21.3 Å². The molecule has 0 saturated heterocycles. The number of pyridine rings is 1. The number of nitrogens with one attached hydrogen (secondary N) is 1. The first kappa shape index (κ1) is 19.6. The second kappa shape index (κ2) is 7.45. The molecule has 0 bridgehead atoms. The smallest absolute Gasteiger partial charge is 0.144 e. The highest BCUT2D eigenvalue weighted by atomic mass is 28.3. The summed E-state index contributed by atoms with van der Waals surface area (Å²) in [4.78, 5) is 9.01. The molecule has 0 atom stereocenters. The molecule has 3 aromatic rings. The lowest BCUT2D eigenvalue weighted by atomic mass is 10.1. The van der Waals surface area contributed by atoms with Gasteiger partial charge in [0.25, 0.3) is 0 Å². The van der Waals surface area contributed by atoms with Gasteiger partial charge in [0.05, 0.1) is 19.3 Å². The first-order chi connectivity index (χ1) is 12.6. The summed E-state index contributed by atoms with van der Waals surface area (Å²) in [7, 11) is -3.23. The zero-order valence-electron chi connectivity index (χ0n) is 17.3. The summed E-state index contributed by atoms with van der Waals surface area (Å²) in [6, 6.07) is 23.5. The van der Waals surface area contributed by atoms with Gasteiger partial charge in [0.2, 0.25) is 0 Å². The van der Waals surface area contributed by atoms with Crippen LogP contribution < -0.4 is 4.98 Å². The molecule has 0 saturated carbocycles. The van der Waals surface area contributed by atoms with E-state index < -0.39 is 16.3 Å². The van der Waals surface area contributed by atoms with E-state index in [0.717, 1.165) is 11.2 Å². The highest BCUT2D eigenvalue weighted by Gasteiger charge is 2.29. The Kier molecular flexibility index (Phi) is 5.40. The van der Waals surface area contributed by atoms with E-state index in [1.165, 1.54) is 21.8 Å². The van der Waals surface area contributed by atoms with Crippen LogP contribution in [0.15, 0.2) is 66.7 Å². The van der Waals surface area contributed by atoms with Crippen LogP contribution in [0.1, 0.15) is 11.3 Å². The summed E-state index contributed by atoms with van der Waals surface area (Å²) in [6.07, 6.45) is 0. The van der Waals surface area contributed by atoms with Crippen molar-refractivity contribution in [3.63, 3.8) is 0 Å². The highest BCUT2D eigenvalue weighted by molar-refractivity contribution is 6.95. The van der Waals surface area contributed by atoms with E-state index in [2.05, 4.69) is 111 Å². The minimum atomic E-state index is -1.68. The molecule has 0 fully saturated rings. The number of aromatic nitrogens is 1. The quantitative estimate of drug-likeness (QED) is 0.509. The Bertz CT molecular complexity index is 965. The molecule has 140 valence electrons. The lowest BCUT2D eigenvalue weighted by molar-refractivity contribution is 1.26. The number of rotatable bonds is 5. The summed E-state index contributed by atoms with van der Waals surface area (Å²) in [5.74, 6) is 0. The largest absolute Gasteiger partial charge is 0.410 e. The van der Waals surface area contributed by atoms with Crippen molar-refractivity contribution < 1.29 is 0 Å². The second-order valence-electron chi connectivity index (χ2n) is 9.13. The van der Waals surface area contributed by atoms with E-state index in [4.69, 9.17) is 4.98 Å². The van der Waals surface area contributed by atoms with E-state index in [0.29, 0.717) is 0 Å². The Morgan fingerprint density at radius 3 is 2.00 bits per heavy atom. The Balaban J connectivity index is 2.31. The van der Waals surface area contributed by atoms with E-state index in [1.54, 1.807) is 0 Å². The van der Waals surface area contributed by atoms with Gasteiger partial charge >= 0.3 is 0 Å². The van der Waals surface area contributed by atoms with Crippen LogP contribution in [-0.2, 0) is 0 Å². The Labute approximate surface area is 165 Å². The summed E-state index contributed by atoms with van der Waals surface area (Å²) in [5, 5.41) is 2.59. The minimum absolute atomic E-state index is 1.06. The van der Waals surface area contributed by atoms with Gasteiger partial charge in [-0.15, -0.1) is 0 Å². The van der Waals surface area contributed by atoms with Gasteiger partial charge in [-0.1, -0.05) is 93.9 Å². The first-order valence-electron chi connectivity index (χ1n) is 9.60. The molecule has 0 spiro atoms. The Hall–Kier alpha value is -2.18. The molecule has 0 radical (unpaired) electrons. The van der Waals surface area contributed by atoms with Crippen molar-refractivity contribution in [3.05, 3.63) is 78.0 Å². The SMILES string of the molecule is C[Si](C)(C)N/C(=C(/c1ccc2ccccc2n1)[Si](C)(C)C)c1ccccc1. The van der Waals surface area contributed by atoms with Crippen molar-refractivity contribution in [3.8, 4) is 0 Å². The Morgan fingerprint density at radius 1 is 0.741 bits per heavy atom. The predicted molar refractivity (Wildman–Crippen MR) is 125 cm³/mol. The molecule has 3 rings (SSSR count). The fourth-order valence-corrected chi connectivity index (χ4v) is 6.36. The van der Waals surface area contributed by atoms with Crippen molar-refractivity contribution in [1.29, 1.82) is 0 Å². The third kappa shape index (κ3) is 4.76. The van der Waals surface area contributed by atoms with Crippen LogP contribution in [0.4, 0.5) is 0 Å². The zero-order valence-corrected chi connectivity index (χ0v) is 19.3. The van der Waals surface area contributed by atoms with Crippen molar-refractivity contribution in [2.45, 2.75) is 39.3 Å². The summed E-state index contributed by atoms with van der Waals surface area (Å²) >= 11 is 0. The van der Waals surface area contributed by atoms with Crippen molar-refractivity contribution >= 4 is 38.1 Å². The molecule has 2 aromatic carbocycles. The van der Waals surface area contributed by atoms with Gasteiger partial charge in [0.1, 0.15) is 8.24 Å². The van der Waals surface area contributed by atoms with Crippen molar-refractivity contribution in [2.75, 3.05) is 0 Å². The second-order valence-corrected chi connectivity index (χ2v) is 18.9. The number of nitrogens with zero attached hydrogens (tertiary/aromatic N) is 1. The monoisotopic (exact) mass is 390 g/mol.